The number of carbonyl (C=O) groups excluding carboxylic acids is 2. The number of anilines is 2. The zero-order valence-electron chi connectivity index (χ0n) is 15.9. The van der Waals surface area contributed by atoms with Gasteiger partial charge < -0.3 is 15.4 Å². The summed E-state index contributed by atoms with van der Waals surface area (Å²) in [5.74, 6) is 0.626. The summed E-state index contributed by atoms with van der Waals surface area (Å²) in [7, 11) is 1.59. The Bertz CT molecular complexity index is 1220. The van der Waals surface area contributed by atoms with E-state index in [0.29, 0.717) is 31.6 Å². The van der Waals surface area contributed by atoms with Gasteiger partial charge in [0.1, 0.15) is 10.6 Å². The molecule has 0 aliphatic heterocycles. The van der Waals surface area contributed by atoms with Gasteiger partial charge in [0.2, 0.25) is 5.91 Å². The molecule has 0 aliphatic rings. The number of aromatic nitrogens is 2. The monoisotopic (exact) mass is 440 g/mol. The van der Waals surface area contributed by atoms with E-state index < -0.39 is 0 Å². The number of H-pyrrole nitrogens is 1. The van der Waals surface area contributed by atoms with E-state index in [1.807, 2.05) is 12.1 Å². The van der Waals surface area contributed by atoms with E-state index in [-0.39, 0.29) is 18.2 Å². The van der Waals surface area contributed by atoms with Crippen LogP contribution in [-0.2, 0) is 11.2 Å². The number of hydrogen-bond donors (Lipinski definition) is 3. The van der Waals surface area contributed by atoms with E-state index in [9.17, 15) is 9.59 Å². The number of amides is 2. The first-order chi connectivity index (χ1) is 14.5. The average molecular weight is 441 g/mol. The summed E-state index contributed by atoms with van der Waals surface area (Å²) in [6, 6.07) is 16.0. The molecule has 152 valence electrons. The maximum Gasteiger partial charge on any atom is 0.265 e. The molecule has 2 aromatic heterocycles. The summed E-state index contributed by atoms with van der Waals surface area (Å²) in [5.41, 5.74) is 1.39. The van der Waals surface area contributed by atoms with Crippen LogP contribution in [0.15, 0.2) is 54.6 Å². The van der Waals surface area contributed by atoms with Gasteiger partial charge in [0.05, 0.1) is 34.5 Å². The van der Waals surface area contributed by atoms with E-state index in [0.717, 1.165) is 11.3 Å². The lowest BCUT2D eigenvalue weighted by Gasteiger charge is -2.05. The SMILES string of the molecule is COc1ccc(CC(=O)Nc2n[nH]c3sc(C(=O)Nc4ccccc4Cl)cc23)cc1. The molecule has 0 unspecified atom stereocenters. The molecule has 7 nitrogen and oxygen atoms in total. The number of methoxy groups -OCH3 is 1. The zero-order valence-corrected chi connectivity index (χ0v) is 17.4. The standard InChI is InChI=1S/C21H17ClN4O3S/c1-29-13-8-6-12(7-9-13)10-18(27)24-19-14-11-17(30-21(14)26-25-19)20(28)23-16-5-3-2-4-15(16)22/h2-9,11H,10H2,1H3,(H,23,28)(H2,24,25,26,27). The molecule has 3 N–H and O–H groups in total. The minimum atomic E-state index is -0.284. The minimum absolute atomic E-state index is 0.197. The Kier molecular flexibility index (Phi) is 5.69. The Morgan fingerprint density at radius 1 is 1.13 bits per heavy atom. The van der Waals surface area contributed by atoms with Crippen molar-refractivity contribution in [2.45, 2.75) is 6.42 Å². The average Bonchev–Trinajstić information content (AvgIpc) is 3.32. The van der Waals surface area contributed by atoms with Gasteiger partial charge in [0.25, 0.3) is 5.91 Å². The summed E-state index contributed by atoms with van der Waals surface area (Å²) >= 11 is 7.35. The molecule has 0 saturated carbocycles. The largest absolute Gasteiger partial charge is 0.497 e. The van der Waals surface area contributed by atoms with Crippen LogP contribution in [0.4, 0.5) is 11.5 Å². The molecule has 4 rings (SSSR count). The van der Waals surface area contributed by atoms with Crippen LogP contribution in [-0.4, -0.2) is 29.1 Å². The van der Waals surface area contributed by atoms with E-state index >= 15 is 0 Å². The molecule has 0 bridgehead atoms. The van der Waals surface area contributed by atoms with Crippen LogP contribution in [0.3, 0.4) is 0 Å². The van der Waals surface area contributed by atoms with Crippen molar-refractivity contribution in [3.63, 3.8) is 0 Å². The lowest BCUT2D eigenvalue weighted by molar-refractivity contribution is -0.115. The Hall–Kier alpha value is -3.36. The highest BCUT2D eigenvalue weighted by Gasteiger charge is 2.17. The third-order valence-corrected chi connectivity index (χ3v) is 5.75. The fourth-order valence-corrected chi connectivity index (χ4v) is 3.96. The van der Waals surface area contributed by atoms with Gasteiger partial charge in [-0.3, -0.25) is 14.7 Å². The van der Waals surface area contributed by atoms with Gasteiger partial charge in [-0.05, 0) is 35.9 Å². The van der Waals surface area contributed by atoms with E-state index in [1.54, 1.807) is 49.6 Å². The van der Waals surface area contributed by atoms with E-state index in [2.05, 4.69) is 20.8 Å². The summed E-state index contributed by atoms with van der Waals surface area (Å²) < 4.78 is 5.12. The van der Waals surface area contributed by atoms with Crippen LogP contribution in [0, 0.1) is 0 Å². The quantitative estimate of drug-likeness (QED) is 0.404. The van der Waals surface area contributed by atoms with Gasteiger partial charge in [0.15, 0.2) is 5.82 Å². The third-order valence-electron chi connectivity index (χ3n) is 4.38. The number of fused-ring (bicyclic) bond motifs is 1. The molecular formula is C21H17ClN4O3S. The molecule has 0 fully saturated rings. The van der Waals surface area contributed by atoms with Gasteiger partial charge >= 0.3 is 0 Å². The predicted molar refractivity (Wildman–Crippen MR) is 119 cm³/mol. The highest BCUT2D eigenvalue weighted by molar-refractivity contribution is 7.20. The maximum absolute atomic E-state index is 12.6. The van der Waals surface area contributed by atoms with Gasteiger partial charge in [-0.1, -0.05) is 35.9 Å². The van der Waals surface area contributed by atoms with Crippen LogP contribution < -0.4 is 15.4 Å². The number of para-hydroxylation sites is 1. The van der Waals surface area contributed by atoms with E-state index in [1.165, 1.54) is 11.3 Å². The van der Waals surface area contributed by atoms with Gasteiger partial charge in [-0.2, -0.15) is 5.10 Å². The summed E-state index contributed by atoms with van der Waals surface area (Å²) in [5, 5.41) is 13.7. The van der Waals surface area contributed by atoms with Crippen molar-refractivity contribution >= 4 is 56.5 Å². The second-order valence-corrected chi connectivity index (χ2v) is 7.89. The number of aromatic amines is 1. The van der Waals surface area contributed by atoms with E-state index in [4.69, 9.17) is 16.3 Å². The lowest BCUT2D eigenvalue weighted by atomic mass is 10.1. The molecule has 2 amide bonds. The Balaban J connectivity index is 1.46. The van der Waals surface area contributed by atoms with Gasteiger partial charge in [-0.15, -0.1) is 11.3 Å². The molecule has 4 aromatic rings. The predicted octanol–water partition coefficient (Wildman–Crippen LogP) is 4.72. The number of hydrogen-bond acceptors (Lipinski definition) is 5. The Morgan fingerprint density at radius 2 is 1.90 bits per heavy atom. The molecule has 30 heavy (non-hydrogen) atoms. The van der Waals surface area contributed by atoms with Crippen molar-refractivity contribution < 1.29 is 14.3 Å². The van der Waals surface area contributed by atoms with Crippen molar-refractivity contribution in [3.8, 4) is 5.75 Å². The highest BCUT2D eigenvalue weighted by atomic mass is 35.5. The van der Waals surface area contributed by atoms with Crippen molar-refractivity contribution in [1.82, 2.24) is 10.2 Å². The lowest BCUT2D eigenvalue weighted by Crippen LogP contribution is -2.15. The molecule has 2 aromatic carbocycles. The number of rotatable bonds is 6. The summed E-state index contributed by atoms with van der Waals surface area (Å²) in [4.78, 5) is 26.1. The van der Waals surface area contributed by atoms with Crippen LogP contribution in [0.2, 0.25) is 5.02 Å². The molecule has 0 atom stereocenters. The number of thiophene rings is 1. The molecule has 9 heteroatoms. The molecule has 0 spiro atoms. The second-order valence-electron chi connectivity index (χ2n) is 6.43. The van der Waals surface area contributed by atoms with Crippen molar-refractivity contribution in [3.05, 3.63) is 70.1 Å². The number of ether oxygens (including phenoxy) is 1. The number of benzene rings is 2. The zero-order chi connectivity index (χ0) is 21.1. The van der Waals surface area contributed by atoms with Crippen molar-refractivity contribution in [2.24, 2.45) is 0 Å². The first-order valence-electron chi connectivity index (χ1n) is 9.00. The first kappa shape index (κ1) is 19.9. The fraction of sp³-hybridized carbons (Fsp3) is 0.0952. The molecule has 2 heterocycles. The van der Waals surface area contributed by atoms with Crippen LogP contribution in [0.25, 0.3) is 10.2 Å². The van der Waals surface area contributed by atoms with Gasteiger partial charge in [-0.25, -0.2) is 0 Å². The van der Waals surface area contributed by atoms with Crippen LogP contribution in [0.5, 0.6) is 5.75 Å². The minimum Gasteiger partial charge on any atom is -0.497 e. The first-order valence-corrected chi connectivity index (χ1v) is 10.2. The summed E-state index contributed by atoms with van der Waals surface area (Å²) in [6.07, 6.45) is 0.197. The maximum atomic E-state index is 12.6. The smallest absolute Gasteiger partial charge is 0.265 e. The molecule has 0 aliphatic carbocycles. The third kappa shape index (κ3) is 4.29. The van der Waals surface area contributed by atoms with Crippen LogP contribution in [0.1, 0.15) is 15.2 Å². The molecule has 0 saturated heterocycles. The number of halogens is 1. The molecular weight excluding hydrogens is 424 g/mol. The summed E-state index contributed by atoms with van der Waals surface area (Å²) in [6.45, 7) is 0. The second kappa shape index (κ2) is 8.56. The normalized spacial score (nSPS) is 10.7. The fourth-order valence-electron chi connectivity index (χ4n) is 2.88. The number of nitrogens with zero attached hydrogens (tertiary/aromatic N) is 1. The van der Waals surface area contributed by atoms with Crippen molar-refractivity contribution in [1.29, 1.82) is 0 Å². The number of nitrogens with one attached hydrogen (secondary N) is 3. The van der Waals surface area contributed by atoms with Crippen LogP contribution >= 0.6 is 22.9 Å². The number of carbonyl (C=O) groups is 2. The molecule has 0 radical (unpaired) electrons. The van der Waals surface area contributed by atoms with Crippen molar-refractivity contribution in [2.75, 3.05) is 17.7 Å². The highest BCUT2D eigenvalue weighted by Crippen LogP contribution is 2.30. The Labute approximate surface area is 181 Å². The topological polar surface area (TPSA) is 96.1 Å². The van der Waals surface area contributed by atoms with Gasteiger partial charge in [0, 0.05) is 0 Å². The Morgan fingerprint density at radius 3 is 2.63 bits per heavy atom.